The molecule has 1 atom stereocenters. The molecule has 150 valence electrons. The highest BCUT2D eigenvalue weighted by atomic mass is 35.5. The van der Waals surface area contributed by atoms with Crippen LogP contribution in [-0.2, 0) is 11.0 Å². The monoisotopic (exact) mass is 458 g/mol. The number of pyridine rings is 1. The highest BCUT2D eigenvalue weighted by molar-refractivity contribution is 6.64. The van der Waals surface area contributed by atoms with Crippen LogP contribution < -0.4 is 9.47 Å². The van der Waals surface area contributed by atoms with E-state index in [1.807, 2.05) is 0 Å². The molecule has 13 heteroatoms. The number of ether oxygens (including phenoxy) is 2. The van der Waals surface area contributed by atoms with Crippen molar-refractivity contribution in [2.24, 2.45) is 0 Å². The minimum absolute atomic E-state index is 0.335. The molecule has 1 unspecified atom stereocenters. The molecule has 0 amide bonds. The van der Waals surface area contributed by atoms with Crippen LogP contribution >= 0.6 is 34.8 Å². The van der Waals surface area contributed by atoms with Crippen molar-refractivity contribution in [3.63, 3.8) is 0 Å². The zero-order chi connectivity index (χ0) is 21.2. The predicted molar refractivity (Wildman–Crippen MR) is 93.4 cm³/mol. The summed E-state index contributed by atoms with van der Waals surface area (Å²) in [7, 11) is 0. The highest BCUT2D eigenvalue weighted by Gasteiger charge is 2.32. The van der Waals surface area contributed by atoms with E-state index < -0.39 is 49.6 Å². The van der Waals surface area contributed by atoms with Crippen molar-refractivity contribution in [3.8, 4) is 17.5 Å². The predicted octanol–water partition coefficient (Wildman–Crippen LogP) is 5.64. The maximum absolute atomic E-state index is 12.8. The van der Waals surface area contributed by atoms with Gasteiger partial charge in [0.05, 0.1) is 20.5 Å². The van der Waals surface area contributed by atoms with Gasteiger partial charge in [-0.2, -0.15) is 18.2 Å². The number of aromatic nitrogens is 1. The normalized spacial score (nSPS) is 12.4. The zero-order valence-electron chi connectivity index (χ0n) is 13.6. The fraction of sp³-hybridized carbons (Fsp3) is 0.200. The third kappa shape index (κ3) is 5.15. The van der Waals surface area contributed by atoms with Gasteiger partial charge in [0, 0.05) is 12.1 Å². The SMILES string of the molecule is CC(Oc1nc(Oc2c(Cl)cc(C(F)(F)F)cc2Cl)ccc1[N+](=O)[O-])C(=O)Cl. The largest absolute Gasteiger partial charge is 0.460 e. The summed E-state index contributed by atoms with van der Waals surface area (Å²) in [4.78, 5) is 25.1. The number of benzene rings is 1. The van der Waals surface area contributed by atoms with Crippen molar-refractivity contribution < 1.29 is 32.4 Å². The molecule has 1 aromatic carbocycles. The van der Waals surface area contributed by atoms with Crippen LogP contribution in [0.15, 0.2) is 24.3 Å². The Morgan fingerprint density at radius 1 is 1.25 bits per heavy atom. The van der Waals surface area contributed by atoms with E-state index >= 15 is 0 Å². The molecule has 0 aliphatic rings. The molecule has 1 aromatic heterocycles. The highest BCUT2D eigenvalue weighted by Crippen LogP contribution is 2.42. The van der Waals surface area contributed by atoms with Crippen molar-refractivity contribution >= 4 is 45.7 Å². The topological polar surface area (TPSA) is 91.6 Å². The van der Waals surface area contributed by atoms with Gasteiger partial charge < -0.3 is 9.47 Å². The number of carbonyl (C=O) groups is 1. The number of nitro groups is 1. The second-order valence-electron chi connectivity index (χ2n) is 5.16. The Hall–Kier alpha value is -2.30. The van der Waals surface area contributed by atoms with Gasteiger partial charge in [-0.3, -0.25) is 14.9 Å². The Labute approximate surface area is 170 Å². The molecule has 0 N–H and O–H groups in total. The summed E-state index contributed by atoms with van der Waals surface area (Å²) in [6, 6.07) is 3.19. The van der Waals surface area contributed by atoms with E-state index in [2.05, 4.69) is 4.98 Å². The Kier molecular flexibility index (Phi) is 6.58. The number of nitrogens with zero attached hydrogens (tertiary/aromatic N) is 2. The van der Waals surface area contributed by atoms with Gasteiger partial charge in [0.2, 0.25) is 5.88 Å². The number of hydrogen-bond acceptors (Lipinski definition) is 6. The van der Waals surface area contributed by atoms with E-state index in [0.29, 0.717) is 12.1 Å². The molecule has 1 heterocycles. The smallest absolute Gasteiger partial charge is 0.416 e. The standard InChI is InChI=1S/C15H8Cl3F3N2O5/c1-6(13(18)24)27-14-10(23(25)26)2-3-11(22-14)28-12-8(16)4-7(5-9(12)17)15(19,20)21/h2-6H,1H3. The average molecular weight is 460 g/mol. The van der Waals surface area contributed by atoms with Crippen molar-refractivity contribution in [2.75, 3.05) is 0 Å². The summed E-state index contributed by atoms with van der Waals surface area (Å²) in [6.45, 7) is 1.23. The van der Waals surface area contributed by atoms with Gasteiger partial charge in [-0.05, 0) is 30.7 Å². The van der Waals surface area contributed by atoms with Gasteiger partial charge in [0.15, 0.2) is 11.9 Å². The van der Waals surface area contributed by atoms with Crippen LogP contribution in [0.4, 0.5) is 18.9 Å². The van der Waals surface area contributed by atoms with Crippen molar-refractivity contribution in [3.05, 3.63) is 50.0 Å². The number of halogens is 6. The molecule has 0 saturated heterocycles. The lowest BCUT2D eigenvalue weighted by Crippen LogP contribution is -2.20. The van der Waals surface area contributed by atoms with Crippen molar-refractivity contribution in [1.29, 1.82) is 0 Å². The van der Waals surface area contributed by atoms with E-state index in [1.165, 1.54) is 6.92 Å². The molecule has 0 aliphatic carbocycles. The number of alkyl halides is 3. The summed E-state index contributed by atoms with van der Waals surface area (Å²) < 4.78 is 48.6. The number of carbonyl (C=O) groups excluding carboxylic acids is 1. The maximum atomic E-state index is 12.8. The summed E-state index contributed by atoms with van der Waals surface area (Å²) in [5.74, 6) is -1.29. The van der Waals surface area contributed by atoms with Crippen LogP contribution in [0.3, 0.4) is 0 Å². The van der Waals surface area contributed by atoms with Crippen LogP contribution in [0.25, 0.3) is 0 Å². The van der Waals surface area contributed by atoms with Gasteiger partial charge in [-0.15, -0.1) is 0 Å². The van der Waals surface area contributed by atoms with Gasteiger partial charge in [-0.25, -0.2) is 0 Å². The maximum Gasteiger partial charge on any atom is 0.416 e. The Morgan fingerprint density at radius 3 is 2.29 bits per heavy atom. The molecule has 7 nitrogen and oxygen atoms in total. The molecular weight excluding hydrogens is 452 g/mol. The van der Waals surface area contributed by atoms with Gasteiger partial charge >= 0.3 is 11.9 Å². The van der Waals surface area contributed by atoms with Crippen LogP contribution in [0, 0.1) is 10.1 Å². The minimum Gasteiger partial charge on any atom is -0.460 e. The van der Waals surface area contributed by atoms with Gasteiger partial charge in [-0.1, -0.05) is 23.2 Å². The first-order valence-corrected chi connectivity index (χ1v) is 8.29. The lowest BCUT2D eigenvalue weighted by molar-refractivity contribution is -0.386. The lowest BCUT2D eigenvalue weighted by atomic mass is 10.2. The van der Waals surface area contributed by atoms with Crippen LogP contribution in [-0.4, -0.2) is 21.3 Å². The summed E-state index contributed by atoms with van der Waals surface area (Å²) in [6.07, 6.45) is -5.94. The van der Waals surface area contributed by atoms with Gasteiger partial charge in [0.25, 0.3) is 11.1 Å². The Bertz CT molecular complexity index is 917. The molecule has 0 fully saturated rings. The van der Waals surface area contributed by atoms with E-state index in [4.69, 9.17) is 44.3 Å². The Balaban J connectivity index is 2.42. The van der Waals surface area contributed by atoms with Crippen LogP contribution in [0.5, 0.6) is 17.5 Å². The first kappa shape index (κ1) is 22.0. The molecule has 0 spiro atoms. The minimum atomic E-state index is -4.68. The van der Waals surface area contributed by atoms with E-state index in [0.717, 1.165) is 12.1 Å². The summed E-state index contributed by atoms with van der Waals surface area (Å²) in [5.41, 5.74) is -1.69. The molecule has 2 rings (SSSR count). The third-order valence-electron chi connectivity index (χ3n) is 3.15. The van der Waals surface area contributed by atoms with Crippen molar-refractivity contribution in [1.82, 2.24) is 4.98 Å². The van der Waals surface area contributed by atoms with E-state index in [9.17, 15) is 28.1 Å². The zero-order valence-corrected chi connectivity index (χ0v) is 15.9. The second kappa shape index (κ2) is 8.38. The third-order valence-corrected chi connectivity index (χ3v) is 4.02. The molecular formula is C15H8Cl3F3N2O5. The van der Waals surface area contributed by atoms with E-state index in [-0.39, 0.29) is 11.6 Å². The van der Waals surface area contributed by atoms with Crippen molar-refractivity contribution in [2.45, 2.75) is 19.2 Å². The second-order valence-corrected chi connectivity index (χ2v) is 6.35. The first-order valence-electron chi connectivity index (χ1n) is 7.15. The average Bonchev–Trinajstić information content (AvgIpc) is 2.56. The number of rotatable bonds is 6. The number of hydrogen-bond donors (Lipinski definition) is 0. The quantitative estimate of drug-likeness (QED) is 0.315. The Morgan fingerprint density at radius 2 is 1.82 bits per heavy atom. The molecule has 28 heavy (non-hydrogen) atoms. The molecule has 0 saturated carbocycles. The van der Waals surface area contributed by atoms with Crippen LogP contribution in [0.2, 0.25) is 10.0 Å². The fourth-order valence-electron chi connectivity index (χ4n) is 1.84. The van der Waals surface area contributed by atoms with Gasteiger partial charge in [0.1, 0.15) is 0 Å². The molecule has 0 aliphatic heterocycles. The first-order chi connectivity index (χ1) is 12.9. The summed E-state index contributed by atoms with van der Waals surface area (Å²) >= 11 is 16.9. The summed E-state index contributed by atoms with van der Waals surface area (Å²) in [5, 5.41) is 9.19. The lowest BCUT2D eigenvalue weighted by Gasteiger charge is -2.14. The molecule has 0 bridgehead atoms. The van der Waals surface area contributed by atoms with Crippen LogP contribution in [0.1, 0.15) is 12.5 Å². The fourth-order valence-corrected chi connectivity index (χ4v) is 2.45. The molecule has 2 aromatic rings. The van der Waals surface area contributed by atoms with E-state index in [1.54, 1.807) is 0 Å². The molecule has 0 radical (unpaired) electrons.